The van der Waals surface area contributed by atoms with Gasteiger partial charge in [0.2, 0.25) is 0 Å². The number of nitrogens with one attached hydrogen (secondary N) is 1. The number of carbonyl (C=O) groups is 2. The first-order valence-electron chi connectivity index (χ1n) is 6.30. The molecule has 1 saturated carbocycles. The third-order valence-corrected chi connectivity index (χ3v) is 3.50. The second-order valence-corrected chi connectivity index (χ2v) is 4.74. The van der Waals surface area contributed by atoms with Gasteiger partial charge < -0.3 is 20.2 Å². The van der Waals surface area contributed by atoms with Crippen molar-refractivity contribution in [2.45, 2.75) is 37.8 Å². The number of hydrogen-bond donors (Lipinski definition) is 2. The molecule has 0 unspecified atom stereocenters. The molecule has 1 fully saturated rings. The standard InChI is InChI=1S/C13H18N2O4/c1-18-12(17)13(4-2-3-5-13)15-11(16)9-6-10(7-14)19-8-9/h6,8H,2-5,7,14H2,1H3,(H,15,16). The third kappa shape index (κ3) is 2.63. The van der Waals surface area contributed by atoms with Crippen LogP contribution in [0, 0.1) is 0 Å². The van der Waals surface area contributed by atoms with Gasteiger partial charge in [0.15, 0.2) is 0 Å². The zero-order valence-corrected chi connectivity index (χ0v) is 10.9. The summed E-state index contributed by atoms with van der Waals surface area (Å²) in [5.74, 6) is -0.194. The number of nitrogens with two attached hydrogens (primary N) is 1. The van der Waals surface area contributed by atoms with Crippen LogP contribution in [0.3, 0.4) is 0 Å². The van der Waals surface area contributed by atoms with Crippen molar-refractivity contribution in [3.63, 3.8) is 0 Å². The van der Waals surface area contributed by atoms with Crippen molar-refractivity contribution in [3.8, 4) is 0 Å². The van der Waals surface area contributed by atoms with Crippen LogP contribution < -0.4 is 11.1 Å². The lowest BCUT2D eigenvalue weighted by Crippen LogP contribution is -2.53. The van der Waals surface area contributed by atoms with Crippen LogP contribution in [0.15, 0.2) is 16.7 Å². The topological polar surface area (TPSA) is 94.6 Å². The van der Waals surface area contributed by atoms with Crippen LogP contribution in [0.4, 0.5) is 0 Å². The van der Waals surface area contributed by atoms with Gasteiger partial charge in [-0.05, 0) is 18.9 Å². The number of rotatable bonds is 4. The summed E-state index contributed by atoms with van der Waals surface area (Å²) in [7, 11) is 1.33. The molecule has 1 aromatic heterocycles. The molecule has 0 spiro atoms. The quantitative estimate of drug-likeness (QED) is 0.791. The van der Waals surface area contributed by atoms with Crippen molar-refractivity contribution >= 4 is 11.9 Å². The zero-order chi connectivity index (χ0) is 13.9. The van der Waals surface area contributed by atoms with E-state index in [4.69, 9.17) is 14.9 Å². The van der Waals surface area contributed by atoms with E-state index in [-0.39, 0.29) is 18.4 Å². The fourth-order valence-electron chi connectivity index (χ4n) is 2.45. The normalized spacial score (nSPS) is 17.2. The maximum Gasteiger partial charge on any atom is 0.331 e. The number of esters is 1. The lowest BCUT2D eigenvalue weighted by molar-refractivity contribution is -0.148. The van der Waals surface area contributed by atoms with Gasteiger partial charge in [-0.25, -0.2) is 4.79 Å². The molecule has 1 aliphatic carbocycles. The van der Waals surface area contributed by atoms with E-state index in [0.29, 0.717) is 24.2 Å². The molecular weight excluding hydrogens is 248 g/mol. The summed E-state index contributed by atoms with van der Waals surface area (Å²) in [4.78, 5) is 24.0. The SMILES string of the molecule is COC(=O)C1(NC(=O)c2coc(CN)c2)CCCC1. The minimum atomic E-state index is -0.897. The van der Waals surface area contributed by atoms with Gasteiger partial charge in [-0.2, -0.15) is 0 Å². The highest BCUT2D eigenvalue weighted by Gasteiger charge is 2.43. The Hall–Kier alpha value is -1.82. The molecule has 6 nitrogen and oxygen atoms in total. The molecule has 1 amide bonds. The Bertz CT molecular complexity index is 475. The summed E-state index contributed by atoms with van der Waals surface area (Å²) in [6.07, 6.45) is 4.35. The molecule has 19 heavy (non-hydrogen) atoms. The first-order chi connectivity index (χ1) is 9.11. The molecule has 1 heterocycles. The molecule has 1 aliphatic rings. The lowest BCUT2D eigenvalue weighted by Gasteiger charge is -2.26. The van der Waals surface area contributed by atoms with Crippen LogP contribution in [-0.4, -0.2) is 24.5 Å². The second kappa shape index (κ2) is 5.44. The molecule has 3 N–H and O–H groups in total. The minimum Gasteiger partial charge on any atom is -0.467 e. The summed E-state index contributed by atoms with van der Waals surface area (Å²) in [5, 5.41) is 2.78. The summed E-state index contributed by atoms with van der Waals surface area (Å²) < 4.78 is 9.92. The second-order valence-electron chi connectivity index (χ2n) is 4.74. The van der Waals surface area contributed by atoms with Gasteiger partial charge in [0.05, 0.1) is 19.2 Å². The molecule has 0 atom stereocenters. The first-order valence-corrected chi connectivity index (χ1v) is 6.30. The average Bonchev–Trinajstić information content (AvgIpc) is 3.06. The third-order valence-electron chi connectivity index (χ3n) is 3.50. The average molecular weight is 266 g/mol. The molecule has 2 rings (SSSR count). The van der Waals surface area contributed by atoms with E-state index in [9.17, 15) is 9.59 Å². The zero-order valence-electron chi connectivity index (χ0n) is 10.9. The Labute approximate surface area is 111 Å². The van der Waals surface area contributed by atoms with E-state index in [2.05, 4.69) is 5.32 Å². The molecule has 0 aromatic carbocycles. The highest BCUT2D eigenvalue weighted by atomic mass is 16.5. The van der Waals surface area contributed by atoms with Crippen LogP contribution in [0.1, 0.15) is 41.8 Å². The van der Waals surface area contributed by atoms with Crippen molar-refractivity contribution in [1.82, 2.24) is 5.32 Å². The van der Waals surface area contributed by atoms with Crippen LogP contribution >= 0.6 is 0 Å². The van der Waals surface area contributed by atoms with Gasteiger partial charge in [-0.3, -0.25) is 4.79 Å². The van der Waals surface area contributed by atoms with Crippen LogP contribution in [0.5, 0.6) is 0 Å². The first kappa shape index (κ1) is 13.6. The predicted octanol–water partition coefficient (Wildman–Crippen LogP) is 0.954. The van der Waals surface area contributed by atoms with Crippen molar-refractivity contribution in [2.75, 3.05) is 7.11 Å². The monoisotopic (exact) mass is 266 g/mol. The Morgan fingerprint density at radius 3 is 2.68 bits per heavy atom. The summed E-state index contributed by atoms with van der Waals surface area (Å²) >= 11 is 0. The number of ether oxygens (including phenoxy) is 1. The summed E-state index contributed by atoms with van der Waals surface area (Å²) in [6.45, 7) is 0.232. The number of methoxy groups -OCH3 is 1. The van der Waals surface area contributed by atoms with Crippen molar-refractivity contribution in [2.24, 2.45) is 5.73 Å². The number of amides is 1. The Kier molecular flexibility index (Phi) is 3.90. The van der Waals surface area contributed by atoms with Gasteiger partial charge in [-0.1, -0.05) is 12.8 Å². The van der Waals surface area contributed by atoms with Crippen LogP contribution in [-0.2, 0) is 16.1 Å². The van der Waals surface area contributed by atoms with E-state index in [0.717, 1.165) is 12.8 Å². The van der Waals surface area contributed by atoms with Crippen LogP contribution in [0.25, 0.3) is 0 Å². The minimum absolute atomic E-state index is 0.232. The Balaban J connectivity index is 2.13. The highest BCUT2D eigenvalue weighted by molar-refractivity contribution is 5.98. The fourth-order valence-corrected chi connectivity index (χ4v) is 2.45. The molecule has 0 radical (unpaired) electrons. The van der Waals surface area contributed by atoms with Gasteiger partial charge >= 0.3 is 5.97 Å². The maximum absolute atomic E-state index is 12.1. The molecule has 6 heteroatoms. The maximum atomic E-state index is 12.1. The van der Waals surface area contributed by atoms with E-state index >= 15 is 0 Å². The van der Waals surface area contributed by atoms with Crippen molar-refractivity contribution in [3.05, 3.63) is 23.7 Å². The summed E-state index contributed by atoms with van der Waals surface area (Å²) in [6, 6.07) is 1.58. The van der Waals surface area contributed by atoms with E-state index in [1.165, 1.54) is 13.4 Å². The fraction of sp³-hybridized carbons (Fsp3) is 0.538. The Morgan fingerprint density at radius 1 is 1.47 bits per heavy atom. The van der Waals surface area contributed by atoms with Gasteiger partial charge in [-0.15, -0.1) is 0 Å². The number of furan rings is 1. The largest absolute Gasteiger partial charge is 0.467 e. The molecule has 0 bridgehead atoms. The molecular formula is C13H18N2O4. The van der Waals surface area contributed by atoms with E-state index in [1.54, 1.807) is 6.07 Å². The molecule has 0 aliphatic heterocycles. The Morgan fingerprint density at radius 2 is 2.16 bits per heavy atom. The lowest BCUT2D eigenvalue weighted by atomic mass is 9.97. The summed E-state index contributed by atoms with van der Waals surface area (Å²) in [5.41, 5.74) is 4.90. The molecule has 1 aromatic rings. The highest BCUT2D eigenvalue weighted by Crippen LogP contribution is 2.31. The van der Waals surface area contributed by atoms with Crippen LogP contribution in [0.2, 0.25) is 0 Å². The number of hydrogen-bond acceptors (Lipinski definition) is 5. The smallest absolute Gasteiger partial charge is 0.331 e. The predicted molar refractivity (Wildman–Crippen MR) is 67.3 cm³/mol. The van der Waals surface area contributed by atoms with Crippen molar-refractivity contribution in [1.29, 1.82) is 0 Å². The molecule has 104 valence electrons. The van der Waals surface area contributed by atoms with Gasteiger partial charge in [0.1, 0.15) is 17.6 Å². The van der Waals surface area contributed by atoms with Gasteiger partial charge in [0, 0.05) is 0 Å². The van der Waals surface area contributed by atoms with E-state index < -0.39 is 5.54 Å². The van der Waals surface area contributed by atoms with Crippen molar-refractivity contribution < 1.29 is 18.7 Å². The number of carbonyl (C=O) groups excluding carboxylic acids is 2. The molecule has 0 saturated heterocycles. The van der Waals surface area contributed by atoms with Gasteiger partial charge in [0.25, 0.3) is 5.91 Å². The van der Waals surface area contributed by atoms with E-state index in [1.807, 2.05) is 0 Å².